The van der Waals surface area contributed by atoms with Gasteiger partial charge >= 0.3 is 0 Å². The molecule has 0 spiro atoms. The number of aromatic nitrogens is 4. The molecule has 7 nitrogen and oxygen atoms in total. The summed E-state index contributed by atoms with van der Waals surface area (Å²) in [4.78, 5) is 15.2. The molecule has 0 atom stereocenters. The minimum atomic E-state index is -0.102. The Hall–Kier alpha value is -3.22. The van der Waals surface area contributed by atoms with Gasteiger partial charge in [0.25, 0.3) is 0 Å². The van der Waals surface area contributed by atoms with E-state index >= 15 is 0 Å². The van der Waals surface area contributed by atoms with Crippen molar-refractivity contribution in [2.45, 2.75) is 13.5 Å². The van der Waals surface area contributed by atoms with Crippen LogP contribution in [-0.2, 0) is 11.3 Å². The van der Waals surface area contributed by atoms with Gasteiger partial charge in [0.1, 0.15) is 18.9 Å². The standard InChI is InChI=1S/C19H21N5O2/c1-15-7-6-10-17(13-15)26-12-11-23(2)18(25)14-24-21-19(20-22-24)16-8-4-3-5-9-16/h3-10,13H,11-12,14H2,1-2H3. The monoisotopic (exact) mass is 351 g/mol. The maximum absolute atomic E-state index is 12.3. The number of hydrogen-bond acceptors (Lipinski definition) is 5. The van der Waals surface area contributed by atoms with Gasteiger partial charge in [-0.2, -0.15) is 4.80 Å². The average Bonchev–Trinajstić information content (AvgIpc) is 3.11. The van der Waals surface area contributed by atoms with Crippen LogP contribution in [0.4, 0.5) is 0 Å². The maximum atomic E-state index is 12.3. The van der Waals surface area contributed by atoms with Crippen molar-refractivity contribution in [3.8, 4) is 17.1 Å². The molecule has 0 aliphatic heterocycles. The van der Waals surface area contributed by atoms with Gasteiger partial charge in [-0.05, 0) is 29.8 Å². The fourth-order valence-electron chi connectivity index (χ4n) is 2.38. The maximum Gasteiger partial charge on any atom is 0.246 e. The normalized spacial score (nSPS) is 10.5. The van der Waals surface area contributed by atoms with E-state index in [1.165, 1.54) is 4.80 Å². The number of nitrogens with zero attached hydrogens (tertiary/aromatic N) is 5. The first kappa shape index (κ1) is 17.6. The van der Waals surface area contributed by atoms with E-state index in [2.05, 4.69) is 15.4 Å². The fraction of sp³-hybridized carbons (Fsp3) is 0.263. The molecule has 26 heavy (non-hydrogen) atoms. The largest absolute Gasteiger partial charge is 0.492 e. The van der Waals surface area contributed by atoms with Crippen LogP contribution in [0, 0.1) is 6.92 Å². The number of likely N-dealkylation sites (N-methyl/N-ethyl adjacent to an activating group) is 1. The highest BCUT2D eigenvalue weighted by Gasteiger charge is 2.13. The van der Waals surface area contributed by atoms with E-state index in [1.807, 2.05) is 61.5 Å². The number of amides is 1. The Kier molecular flexibility index (Phi) is 5.58. The number of carbonyl (C=O) groups excluding carboxylic acids is 1. The molecule has 0 N–H and O–H groups in total. The van der Waals surface area contributed by atoms with Gasteiger partial charge in [-0.3, -0.25) is 4.79 Å². The van der Waals surface area contributed by atoms with Crippen LogP contribution in [0.15, 0.2) is 54.6 Å². The summed E-state index contributed by atoms with van der Waals surface area (Å²) in [6, 6.07) is 17.4. The van der Waals surface area contributed by atoms with Gasteiger partial charge in [-0.1, -0.05) is 42.5 Å². The molecule has 3 aromatic rings. The van der Waals surface area contributed by atoms with E-state index in [9.17, 15) is 4.79 Å². The SMILES string of the molecule is Cc1cccc(OCCN(C)C(=O)Cn2nnc(-c3ccccc3)n2)c1. The number of hydrogen-bond donors (Lipinski definition) is 0. The van der Waals surface area contributed by atoms with Crippen LogP contribution in [0.25, 0.3) is 11.4 Å². The Morgan fingerprint density at radius 2 is 1.96 bits per heavy atom. The van der Waals surface area contributed by atoms with Crippen LogP contribution in [0.2, 0.25) is 0 Å². The molecule has 0 bridgehead atoms. The van der Waals surface area contributed by atoms with Gasteiger partial charge in [-0.15, -0.1) is 10.2 Å². The second-order valence-corrected chi connectivity index (χ2v) is 5.99. The molecule has 3 rings (SSSR count). The Labute approximate surface area is 152 Å². The van der Waals surface area contributed by atoms with Crippen LogP contribution in [0.1, 0.15) is 5.56 Å². The second kappa shape index (κ2) is 8.24. The number of tetrazole rings is 1. The first-order chi connectivity index (χ1) is 12.6. The molecular formula is C19H21N5O2. The van der Waals surface area contributed by atoms with E-state index in [0.717, 1.165) is 16.9 Å². The molecule has 0 aliphatic rings. The zero-order valence-electron chi connectivity index (χ0n) is 14.9. The average molecular weight is 351 g/mol. The fourth-order valence-corrected chi connectivity index (χ4v) is 2.38. The van der Waals surface area contributed by atoms with Crippen molar-refractivity contribution in [3.63, 3.8) is 0 Å². The first-order valence-electron chi connectivity index (χ1n) is 8.38. The third-order valence-corrected chi connectivity index (χ3v) is 3.87. The number of ether oxygens (including phenoxy) is 1. The minimum absolute atomic E-state index is 0.0424. The quantitative estimate of drug-likeness (QED) is 0.652. The van der Waals surface area contributed by atoms with Crippen molar-refractivity contribution < 1.29 is 9.53 Å². The molecule has 0 radical (unpaired) electrons. The summed E-state index contributed by atoms with van der Waals surface area (Å²) in [5.41, 5.74) is 2.00. The van der Waals surface area contributed by atoms with Gasteiger partial charge in [0.05, 0.1) is 6.54 Å². The van der Waals surface area contributed by atoms with Crippen LogP contribution in [-0.4, -0.2) is 51.2 Å². The zero-order chi connectivity index (χ0) is 18.4. The minimum Gasteiger partial charge on any atom is -0.492 e. The summed E-state index contributed by atoms with van der Waals surface area (Å²) in [6.07, 6.45) is 0. The lowest BCUT2D eigenvalue weighted by Crippen LogP contribution is -2.34. The topological polar surface area (TPSA) is 73.1 Å². The van der Waals surface area contributed by atoms with Crippen molar-refractivity contribution in [2.24, 2.45) is 0 Å². The molecule has 7 heteroatoms. The molecule has 0 saturated carbocycles. The van der Waals surface area contributed by atoms with E-state index in [4.69, 9.17) is 4.74 Å². The van der Waals surface area contributed by atoms with Crippen molar-refractivity contribution >= 4 is 5.91 Å². The molecular weight excluding hydrogens is 330 g/mol. The summed E-state index contributed by atoms with van der Waals surface area (Å²) in [6.45, 7) is 2.96. The zero-order valence-corrected chi connectivity index (χ0v) is 14.9. The molecule has 0 aliphatic carbocycles. The molecule has 2 aromatic carbocycles. The summed E-state index contributed by atoms with van der Waals surface area (Å²) in [7, 11) is 1.73. The van der Waals surface area contributed by atoms with Gasteiger partial charge in [-0.25, -0.2) is 0 Å². The molecule has 0 saturated heterocycles. The number of aryl methyl sites for hydroxylation is 1. The van der Waals surface area contributed by atoms with E-state index in [1.54, 1.807) is 11.9 Å². The highest BCUT2D eigenvalue weighted by molar-refractivity contribution is 5.75. The van der Waals surface area contributed by atoms with Gasteiger partial charge in [0, 0.05) is 12.6 Å². The third-order valence-electron chi connectivity index (χ3n) is 3.87. The molecule has 1 heterocycles. The van der Waals surface area contributed by atoms with Crippen LogP contribution < -0.4 is 4.74 Å². The molecule has 0 fully saturated rings. The second-order valence-electron chi connectivity index (χ2n) is 5.99. The lowest BCUT2D eigenvalue weighted by molar-refractivity contribution is -0.131. The summed E-state index contributed by atoms with van der Waals surface area (Å²) < 4.78 is 5.68. The van der Waals surface area contributed by atoms with Crippen LogP contribution in [0.3, 0.4) is 0 Å². The Morgan fingerprint density at radius 3 is 2.73 bits per heavy atom. The van der Waals surface area contributed by atoms with Crippen molar-refractivity contribution in [1.82, 2.24) is 25.1 Å². The summed E-state index contributed by atoms with van der Waals surface area (Å²) in [5, 5.41) is 12.2. The molecule has 134 valence electrons. The molecule has 0 unspecified atom stereocenters. The smallest absolute Gasteiger partial charge is 0.246 e. The lowest BCUT2D eigenvalue weighted by Gasteiger charge is -2.17. The molecule has 1 aromatic heterocycles. The predicted octanol–water partition coefficient (Wildman–Crippen LogP) is 2.19. The Bertz CT molecular complexity index is 863. The highest BCUT2D eigenvalue weighted by Crippen LogP contribution is 2.13. The number of benzene rings is 2. The van der Waals surface area contributed by atoms with Crippen molar-refractivity contribution in [2.75, 3.05) is 20.2 Å². The Balaban J connectivity index is 1.49. The van der Waals surface area contributed by atoms with E-state index < -0.39 is 0 Å². The van der Waals surface area contributed by atoms with E-state index in [0.29, 0.717) is 19.0 Å². The summed E-state index contributed by atoms with van der Waals surface area (Å²) >= 11 is 0. The van der Waals surface area contributed by atoms with E-state index in [-0.39, 0.29) is 12.5 Å². The number of carbonyl (C=O) groups is 1. The van der Waals surface area contributed by atoms with Crippen molar-refractivity contribution in [3.05, 3.63) is 60.2 Å². The number of rotatable bonds is 7. The Morgan fingerprint density at radius 1 is 1.15 bits per heavy atom. The highest BCUT2D eigenvalue weighted by atomic mass is 16.5. The third kappa shape index (κ3) is 4.66. The van der Waals surface area contributed by atoms with Crippen LogP contribution in [0.5, 0.6) is 5.75 Å². The van der Waals surface area contributed by atoms with Crippen LogP contribution >= 0.6 is 0 Å². The van der Waals surface area contributed by atoms with Crippen molar-refractivity contribution in [1.29, 1.82) is 0 Å². The molecule has 1 amide bonds. The van der Waals surface area contributed by atoms with Gasteiger partial charge in [0.2, 0.25) is 11.7 Å². The predicted molar refractivity (Wildman–Crippen MR) is 97.6 cm³/mol. The van der Waals surface area contributed by atoms with Gasteiger partial charge in [0.15, 0.2) is 0 Å². The summed E-state index contributed by atoms with van der Waals surface area (Å²) in [5.74, 6) is 1.20. The van der Waals surface area contributed by atoms with Gasteiger partial charge < -0.3 is 9.64 Å². The first-order valence-corrected chi connectivity index (χ1v) is 8.38. The lowest BCUT2D eigenvalue weighted by atomic mass is 10.2.